The molecular weight excluding hydrogens is 358 g/mol. The van der Waals surface area contributed by atoms with Crippen molar-refractivity contribution < 1.29 is 14.7 Å². The molecule has 1 heterocycles. The third-order valence-corrected chi connectivity index (χ3v) is 4.73. The van der Waals surface area contributed by atoms with Gasteiger partial charge in [-0.2, -0.15) is 0 Å². The van der Waals surface area contributed by atoms with Gasteiger partial charge in [-0.15, -0.1) is 0 Å². The van der Waals surface area contributed by atoms with Gasteiger partial charge >= 0.3 is 11.7 Å². The quantitative estimate of drug-likeness (QED) is 0.627. The van der Waals surface area contributed by atoms with Crippen LogP contribution in [0, 0.1) is 0 Å². The predicted octanol–water partition coefficient (Wildman–Crippen LogP) is 2.55. The average molecular weight is 381 g/mol. The number of benzene rings is 2. The smallest absolute Gasteiger partial charge is 0.329 e. The minimum absolute atomic E-state index is 0.0606. The first-order chi connectivity index (χ1) is 13.5. The van der Waals surface area contributed by atoms with Crippen LogP contribution in [0.3, 0.4) is 0 Å². The van der Waals surface area contributed by atoms with Gasteiger partial charge < -0.3 is 10.4 Å². The monoisotopic (exact) mass is 381 g/mol. The van der Waals surface area contributed by atoms with E-state index >= 15 is 0 Å². The molecule has 1 aromatic heterocycles. The van der Waals surface area contributed by atoms with Crippen molar-refractivity contribution in [2.75, 3.05) is 0 Å². The molecule has 0 saturated carbocycles. The van der Waals surface area contributed by atoms with Crippen molar-refractivity contribution in [1.29, 1.82) is 0 Å². The number of hydrogen-bond acceptors (Lipinski definition) is 3. The molecule has 7 heteroatoms. The molecule has 0 aliphatic rings. The lowest BCUT2D eigenvalue weighted by molar-refractivity contribution is -0.137. The Kier molecular flexibility index (Phi) is 5.93. The van der Waals surface area contributed by atoms with E-state index in [-0.39, 0.29) is 31.0 Å². The number of nitrogens with one attached hydrogen (secondary N) is 1. The summed E-state index contributed by atoms with van der Waals surface area (Å²) in [6, 6.07) is 16.2. The van der Waals surface area contributed by atoms with Crippen LogP contribution in [0.4, 0.5) is 0 Å². The number of carbonyl (C=O) groups is 2. The summed E-state index contributed by atoms with van der Waals surface area (Å²) in [5.41, 5.74) is 2.08. The summed E-state index contributed by atoms with van der Waals surface area (Å²) in [6.45, 7) is 2.28. The van der Waals surface area contributed by atoms with E-state index in [0.29, 0.717) is 12.1 Å². The Morgan fingerprint density at radius 3 is 2.21 bits per heavy atom. The molecule has 1 amide bonds. The van der Waals surface area contributed by atoms with Crippen LogP contribution in [0.1, 0.15) is 31.4 Å². The molecule has 0 fully saturated rings. The van der Waals surface area contributed by atoms with Gasteiger partial charge in [-0.3, -0.25) is 18.7 Å². The van der Waals surface area contributed by atoms with Crippen molar-refractivity contribution >= 4 is 22.9 Å². The Morgan fingerprint density at radius 1 is 1.00 bits per heavy atom. The molecule has 3 aromatic rings. The first-order valence-corrected chi connectivity index (χ1v) is 9.25. The number of carboxylic acids is 1. The van der Waals surface area contributed by atoms with Crippen LogP contribution < -0.4 is 11.0 Å². The number of nitrogens with zero attached hydrogens (tertiary/aromatic N) is 2. The van der Waals surface area contributed by atoms with Gasteiger partial charge in [0.2, 0.25) is 5.91 Å². The van der Waals surface area contributed by atoms with Crippen LogP contribution in [0.15, 0.2) is 59.4 Å². The standard InChI is InChI=1S/C21H23N3O4/c1-2-23-17-10-6-7-11-18(17)24(21(23)28)14-19(25)22-16(12-13-20(26)27)15-8-4-3-5-9-15/h3-11,16H,2,12-14H2,1H3,(H,22,25)(H,26,27). The summed E-state index contributed by atoms with van der Waals surface area (Å²) in [4.78, 5) is 36.4. The third-order valence-electron chi connectivity index (χ3n) is 4.73. The third kappa shape index (κ3) is 4.14. The van der Waals surface area contributed by atoms with Crippen molar-refractivity contribution in [2.24, 2.45) is 0 Å². The van der Waals surface area contributed by atoms with Crippen molar-refractivity contribution in [1.82, 2.24) is 14.5 Å². The summed E-state index contributed by atoms with van der Waals surface area (Å²) >= 11 is 0. The van der Waals surface area contributed by atoms with Crippen LogP contribution in [0.25, 0.3) is 11.0 Å². The summed E-state index contributed by atoms with van der Waals surface area (Å²) in [5.74, 6) is -1.25. The maximum absolute atomic E-state index is 12.7. The van der Waals surface area contributed by atoms with Gasteiger partial charge in [0.15, 0.2) is 0 Å². The molecule has 0 aliphatic heterocycles. The average Bonchev–Trinajstić information content (AvgIpc) is 2.96. The molecule has 0 saturated heterocycles. The zero-order valence-electron chi connectivity index (χ0n) is 15.7. The second-order valence-electron chi connectivity index (χ2n) is 6.56. The number of para-hydroxylation sites is 2. The van der Waals surface area contributed by atoms with E-state index in [2.05, 4.69) is 5.32 Å². The summed E-state index contributed by atoms with van der Waals surface area (Å²) in [5, 5.41) is 11.9. The van der Waals surface area contributed by atoms with E-state index in [0.717, 1.165) is 11.1 Å². The highest BCUT2D eigenvalue weighted by Gasteiger charge is 2.19. The highest BCUT2D eigenvalue weighted by molar-refractivity contribution is 5.81. The molecule has 146 valence electrons. The van der Waals surface area contributed by atoms with E-state index in [1.165, 1.54) is 4.57 Å². The lowest BCUT2D eigenvalue weighted by Gasteiger charge is -2.18. The van der Waals surface area contributed by atoms with Crippen molar-refractivity contribution in [3.8, 4) is 0 Å². The van der Waals surface area contributed by atoms with Crippen molar-refractivity contribution in [3.63, 3.8) is 0 Å². The molecule has 0 spiro atoms. The number of aryl methyl sites for hydroxylation is 1. The molecule has 0 radical (unpaired) electrons. The van der Waals surface area contributed by atoms with Gasteiger partial charge in [-0.25, -0.2) is 4.79 Å². The number of amides is 1. The zero-order valence-corrected chi connectivity index (χ0v) is 15.7. The fourth-order valence-electron chi connectivity index (χ4n) is 3.39. The van der Waals surface area contributed by atoms with Gasteiger partial charge in [-0.1, -0.05) is 42.5 Å². The minimum atomic E-state index is -0.919. The number of carbonyl (C=O) groups excluding carboxylic acids is 1. The van der Waals surface area contributed by atoms with Crippen LogP contribution in [-0.4, -0.2) is 26.1 Å². The number of fused-ring (bicyclic) bond motifs is 1. The second kappa shape index (κ2) is 8.56. The van der Waals surface area contributed by atoms with Gasteiger partial charge in [0.25, 0.3) is 0 Å². The van der Waals surface area contributed by atoms with E-state index in [1.54, 1.807) is 4.57 Å². The topological polar surface area (TPSA) is 93.3 Å². The van der Waals surface area contributed by atoms with Gasteiger partial charge in [-0.05, 0) is 31.0 Å². The van der Waals surface area contributed by atoms with Crippen LogP contribution in [-0.2, 0) is 22.7 Å². The molecule has 1 atom stereocenters. The molecule has 28 heavy (non-hydrogen) atoms. The molecule has 0 bridgehead atoms. The van der Waals surface area contributed by atoms with E-state index in [9.17, 15) is 14.4 Å². The number of rotatable bonds is 8. The van der Waals surface area contributed by atoms with Crippen molar-refractivity contribution in [3.05, 3.63) is 70.6 Å². The van der Waals surface area contributed by atoms with Crippen LogP contribution in [0.2, 0.25) is 0 Å². The Hall–Kier alpha value is -3.35. The van der Waals surface area contributed by atoms with Crippen molar-refractivity contribution in [2.45, 2.75) is 38.9 Å². The highest BCUT2D eigenvalue weighted by atomic mass is 16.4. The molecule has 2 N–H and O–H groups in total. The van der Waals surface area contributed by atoms with Gasteiger partial charge in [0.1, 0.15) is 6.54 Å². The Balaban J connectivity index is 1.84. The predicted molar refractivity (Wildman–Crippen MR) is 106 cm³/mol. The number of hydrogen-bond donors (Lipinski definition) is 2. The van der Waals surface area contributed by atoms with E-state index in [4.69, 9.17) is 5.11 Å². The number of aromatic nitrogens is 2. The SMILES string of the molecule is CCn1c(=O)n(CC(=O)NC(CCC(=O)O)c2ccccc2)c2ccccc21. The van der Waals surface area contributed by atoms with Crippen LogP contribution in [0.5, 0.6) is 0 Å². The largest absolute Gasteiger partial charge is 0.481 e. The fourth-order valence-corrected chi connectivity index (χ4v) is 3.39. The normalized spacial score (nSPS) is 12.0. The molecule has 7 nitrogen and oxygen atoms in total. The summed E-state index contributed by atoms with van der Waals surface area (Å²) in [7, 11) is 0. The molecule has 2 aromatic carbocycles. The molecular formula is C21H23N3O4. The zero-order chi connectivity index (χ0) is 20.1. The highest BCUT2D eigenvalue weighted by Crippen LogP contribution is 2.19. The summed E-state index contributed by atoms with van der Waals surface area (Å²) in [6.07, 6.45) is 0.214. The second-order valence-corrected chi connectivity index (χ2v) is 6.56. The van der Waals surface area contributed by atoms with E-state index in [1.807, 2.05) is 61.5 Å². The Bertz CT molecular complexity index is 1040. The van der Waals surface area contributed by atoms with Gasteiger partial charge in [0.05, 0.1) is 17.1 Å². The molecule has 3 rings (SSSR count). The Morgan fingerprint density at radius 2 is 1.61 bits per heavy atom. The lowest BCUT2D eigenvalue weighted by Crippen LogP contribution is -2.35. The Labute approximate surface area is 162 Å². The first kappa shape index (κ1) is 19.4. The number of imidazole rings is 1. The van der Waals surface area contributed by atoms with Gasteiger partial charge in [0, 0.05) is 13.0 Å². The maximum atomic E-state index is 12.7. The molecule has 0 aliphatic carbocycles. The number of carboxylic acid groups (broad SMARTS) is 1. The lowest BCUT2D eigenvalue weighted by atomic mass is 10.0. The first-order valence-electron chi connectivity index (χ1n) is 9.25. The number of aliphatic carboxylic acids is 1. The minimum Gasteiger partial charge on any atom is -0.481 e. The van der Waals surface area contributed by atoms with E-state index < -0.39 is 12.0 Å². The van der Waals surface area contributed by atoms with Crippen LogP contribution >= 0.6 is 0 Å². The molecule has 1 unspecified atom stereocenters. The maximum Gasteiger partial charge on any atom is 0.329 e. The fraction of sp³-hybridized carbons (Fsp3) is 0.286. The summed E-state index contributed by atoms with van der Waals surface area (Å²) < 4.78 is 3.08.